The van der Waals surface area contributed by atoms with Crippen molar-refractivity contribution in [1.82, 2.24) is 14.5 Å². The third-order valence-electron chi connectivity index (χ3n) is 4.92. The van der Waals surface area contributed by atoms with Crippen molar-refractivity contribution in [3.05, 3.63) is 35.2 Å². The summed E-state index contributed by atoms with van der Waals surface area (Å²) in [6.45, 7) is 5.08. The van der Waals surface area contributed by atoms with Crippen molar-refractivity contribution in [2.75, 3.05) is 38.7 Å². The predicted molar refractivity (Wildman–Crippen MR) is 108 cm³/mol. The van der Waals surface area contributed by atoms with E-state index in [9.17, 15) is 13.2 Å². The number of aryl methyl sites for hydroxylation is 2. The number of carbonyl (C=O) groups is 1. The Bertz CT molecular complexity index is 961. The van der Waals surface area contributed by atoms with Crippen LogP contribution in [0, 0.1) is 13.8 Å². The number of ether oxygens (including phenoxy) is 2. The lowest BCUT2D eigenvalue weighted by Gasteiger charge is -2.26. The Morgan fingerprint density at radius 1 is 1.31 bits per heavy atom. The number of aromatic nitrogens is 2. The first-order valence-corrected chi connectivity index (χ1v) is 10.8. The summed E-state index contributed by atoms with van der Waals surface area (Å²) in [5.74, 6) is 0.0315. The van der Waals surface area contributed by atoms with E-state index in [4.69, 9.17) is 9.47 Å². The smallest absolute Gasteiger partial charge is 0.246 e. The van der Waals surface area contributed by atoms with Crippen LogP contribution in [0.3, 0.4) is 0 Å². The number of amides is 1. The van der Waals surface area contributed by atoms with Gasteiger partial charge in [0, 0.05) is 30.9 Å². The molecule has 3 rings (SSSR count). The zero-order valence-electron chi connectivity index (χ0n) is 16.8. The van der Waals surface area contributed by atoms with Crippen LogP contribution in [0.4, 0.5) is 5.69 Å². The molecule has 1 fully saturated rings. The molecule has 0 atom stereocenters. The number of aromatic amines is 1. The van der Waals surface area contributed by atoms with Gasteiger partial charge in [0.15, 0.2) is 0 Å². The number of morpholine rings is 1. The van der Waals surface area contributed by atoms with E-state index in [2.05, 4.69) is 15.5 Å². The zero-order chi connectivity index (χ0) is 21.0. The molecule has 158 valence electrons. The van der Waals surface area contributed by atoms with Crippen molar-refractivity contribution >= 4 is 21.6 Å². The predicted octanol–water partition coefficient (Wildman–Crippen LogP) is 1.63. The third kappa shape index (κ3) is 4.77. The molecule has 1 aliphatic rings. The van der Waals surface area contributed by atoms with Gasteiger partial charge in [-0.05, 0) is 44.0 Å². The highest BCUT2D eigenvalue weighted by atomic mass is 32.2. The highest BCUT2D eigenvalue weighted by Crippen LogP contribution is 2.30. The third-order valence-corrected chi connectivity index (χ3v) is 6.84. The number of H-pyrrole nitrogens is 1. The number of rotatable bonds is 7. The fraction of sp³-hybridized carbons (Fsp3) is 0.474. The van der Waals surface area contributed by atoms with Crippen molar-refractivity contribution in [1.29, 1.82) is 0 Å². The molecule has 0 unspecified atom stereocenters. The second-order valence-electron chi connectivity index (χ2n) is 6.84. The van der Waals surface area contributed by atoms with E-state index in [1.165, 1.54) is 17.5 Å². The standard InChI is InChI=1S/C19H26N4O5S/c1-13-16(14(2)22-21-13)5-7-19(24)20-15-4-6-17(27-3)18(12-15)29(25,26)23-8-10-28-11-9-23/h4,6,12H,5,7-11H2,1-3H3,(H,20,24)(H,21,22). The molecule has 0 radical (unpaired) electrons. The number of anilines is 1. The van der Waals surface area contributed by atoms with Crippen LogP contribution >= 0.6 is 0 Å². The number of hydrogen-bond donors (Lipinski definition) is 2. The monoisotopic (exact) mass is 422 g/mol. The van der Waals surface area contributed by atoms with Gasteiger partial charge in [0.05, 0.1) is 26.0 Å². The van der Waals surface area contributed by atoms with Crippen molar-refractivity contribution in [2.45, 2.75) is 31.6 Å². The van der Waals surface area contributed by atoms with E-state index >= 15 is 0 Å². The number of nitrogens with zero attached hydrogens (tertiary/aromatic N) is 2. The van der Waals surface area contributed by atoms with Crippen LogP contribution in [-0.4, -0.2) is 62.2 Å². The van der Waals surface area contributed by atoms with Gasteiger partial charge in [0.1, 0.15) is 10.6 Å². The fourth-order valence-electron chi connectivity index (χ4n) is 3.29. The van der Waals surface area contributed by atoms with E-state index < -0.39 is 10.0 Å². The van der Waals surface area contributed by atoms with Gasteiger partial charge in [0.2, 0.25) is 15.9 Å². The molecule has 2 N–H and O–H groups in total. The number of carbonyl (C=O) groups excluding carboxylic acids is 1. The molecule has 1 aromatic heterocycles. The lowest BCUT2D eigenvalue weighted by atomic mass is 10.1. The highest BCUT2D eigenvalue weighted by Gasteiger charge is 2.29. The number of nitrogens with one attached hydrogen (secondary N) is 2. The number of benzene rings is 1. The fourth-order valence-corrected chi connectivity index (χ4v) is 4.88. The van der Waals surface area contributed by atoms with Gasteiger partial charge in [-0.25, -0.2) is 8.42 Å². The van der Waals surface area contributed by atoms with Crippen molar-refractivity contribution in [2.24, 2.45) is 0 Å². The summed E-state index contributed by atoms with van der Waals surface area (Å²) in [7, 11) is -2.34. The maximum Gasteiger partial charge on any atom is 0.246 e. The molecule has 0 aliphatic carbocycles. The van der Waals surface area contributed by atoms with Gasteiger partial charge in [-0.3, -0.25) is 9.89 Å². The van der Waals surface area contributed by atoms with E-state index in [0.29, 0.717) is 25.3 Å². The lowest BCUT2D eigenvalue weighted by molar-refractivity contribution is -0.116. The SMILES string of the molecule is COc1ccc(NC(=O)CCc2c(C)n[nH]c2C)cc1S(=O)(=O)N1CCOCC1. The average Bonchev–Trinajstić information content (AvgIpc) is 3.04. The second kappa shape index (κ2) is 8.93. The minimum atomic E-state index is -3.76. The van der Waals surface area contributed by atoms with E-state index in [-0.39, 0.29) is 36.1 Å². The summed E-state index contributed by atoms with van der Waals surface area (Å²) in [4.78, 5) is 12.4. The molecular formula is C19H26N4O5S. The van der Waals surface area contributed by atoms with Crippen LogP contribution in [0.25, 0.3) is 0 Å². The number of hydrogen-bond acceptors (Lipinski definition) is 6. The van der Waals surface area contributed by atoms with Gasteiger partial charge >= 0.3 is 0 Å². The molecule has 0 spiro atoms. The van der Waals surface area contributed by atoms with Gasteiger partial charge < -0.3 is 14.8 Å². The molecule has 1 aliphatic heterocycles. The van der Waals surface area contributed by atoms with Crippen LogP contribution in [0.15, 0.2) is 23.1 Å². The van der Waals surface area contributed by atoms with Crippen LogP contribution in [0.5, 0.6) is 5.75 Å². The summed E-state index contributed by atoms with van der Waals surface area (Å²) in [5.41, 5.74) is 3.24. The number of methoxy groups -OCH3 is 1. The Labute approximate surface area is 170 Å². The molecule has 29 heavy (non-hydrogen) atoms. The van der Waals surface area contributed by atoms with Crippen LogP contribution in [0.2, 0.25) is 0 Å². The summed E-state index contributed by atoms with van der Waals surface area (Å²) in [6.07, 6.45) is 0.813. The molecule has 0 saturated carbocycles. The van der Waals surface area contributed by atoms with Crippen molar-refractivity contribution in [3.8, 4) is 5.75 Å². The quantitative estimate of drug-likeness (QED) is 0.701. The Morgan fingerprint density at radius 3 is 2.66 bits per heavy atom. The van der Waals surface area contributed by atoms with Crippen molar-refractivity contribution in [3.63, 3.8) is 0 Å². The van der Waals surface area contributed by atoms with E-state index in [1.54, 1.807) is 12.1 Å². The molecule has 2 heterocycles. The topological polar surface area (TPSA) is 114 Å². The first kappa shape index (κ1) is 21.3. The Morgan fingerprint density at radius 2 is 2.03 bits per heavy atom. The lowest BCUT2D eigenvalue weighted by Crippen LogP contribution is -2.40. The largest absolute Gasteiger partial charge is 0.495 e. The van der Waals surface area contributed by atoms with Crippen LogP contribution in [-0.2, 0) is 26.0 Å². The minimum absolute atomic E-state index is 0.0289. The Hall–Kier alpha value is -2.43. The molecule has 10 heteroatoms. The van der Waals surface area contributed by atoms with Gasteiger partial charge in [-0.15, -0.1) is 0 Å². The normalized spacial score (nSPS) is 15.3. The Balaban J connectivity index is 1.75. The van der Waals surface area contributed by atoms with Gasteiger partial charge in [-0.1, -0.05) is 0 Å². The molecular weight excluding hydrogens is 396 g/mol. The summed E-state index contributed by atoms with van der Waals surface area (Å²) >= 11 is 0. The highest BCUT2D eigenvalue weighted by molar-refractivity contribution is 7.89. The molecule has 1 saturated heterocycles. The maximum absolute atomic E-state index is 13.0. The maximum atomic E-state index is 13.0. The van der Waals surface area contributed by atoms with E-state index in [1.807, 2.05) is 13.8 Å². The van der Waals surface area contributed by atoms with Crippen LogP contribution in [0.1, 0.15) is 23.4 Å². The molecule has 9 nitrogen and oxygen atoms in total. The van der Waals surface area contributed by atoms with Crippen molar-refractivity contribution < 1.29 is 22.7 Å². The molecule has 0 bridgehead atoms. The first-order chi connectivity index (χ1) is 13.8. The minimum Gasteiger partial charge on any atom is -0.495 e. The van der Waals surface area contributed by atoms with Crippen LogP contribution < -0.4 is 10.1 Å². The summed E-state index contributed by atoms with van der Waals surface area (Å²) in [5, 5.41) is 9.81. The Kier molecular flexibility index (Phi) is 6.56. The summed E-state index contributed by atoms with van der Waals surface area (Å²) < 4.78 is 37.9. The zero-order valence-corrected chi connectivity index (χ0v) is 17.6. The second-order valence-corrected chi connectivity index (χ2v) is 8.75. The summed E-state index contributed by atoms with van der Waals surface area (Å²) in [6, 6.07) is 4.62. The first-order valence-electron chi connectivity index (χ1n) is 9.39. The molecule has 2 aromatic rings. The van der Waals surface area contributed by atoms with Gasteiger partial charge in [-0.2, -0.15) is 9.40 Å². The molecule has 1 amide bonds. The molecule has 1 aromatic carbocycles. The number of sulfonamides is 1. The van der Waals surface area contributed by atoms with E-state index in [0.717, 1.165) is 17.0 Å². The van der Waals surface area contributed by atoms with Gasteiger partial charge in [0.25, 0.3) is 0 Å². The average molecular weight is 423 g/mol.